The lowest BCUT2D eigenvalue weighted by Crippen LogP contribution is -2.56. The first-order valence-corrected chi connectivity index (χ1v) is 8.64. The van der Waals surface area contributed by atoms with E-state index in [0.29, 0.717) is 12.5 Å². The number of hydrogen-bond donors (Lipinski definition) is 1. The van der Waals surface area contributed by atoms with Crippen molar-refractivity contribution in [3.05, 3.63) is 16.1 Å². The van der Waals surface area contributed by atoms with Gasteiger partial charge < -0.3 is 10.6 Å². The average Bonchev–Trinajstić information content (AvgIpc) is 2.84. The van der Waals surface area contributed by atoms with Gasteiger partial charge >= 0.3 is 0 Å². The van der Waals surface area contributed by atoms with Crippen molar-refractivity contribution in [2.75, 3.05) is 32.7 Å². The SMILES string of the molecule is Cc1nc(CN2CCN(C(=O)C3(CN)CCC3)CC2)cs1. The van der Waals surface area contributed by atoms with E-state index in [1.54, 1.807) is 11.3 Å². The highest BCUT2D eigenvalue weighted by atomic mass is 32.1. The topological polar surface area (TPSA) is 62.5 Å². The van der Waals surface area contributed by atoms with Crippen LogP contribution in [-0.2, 0) is 11.3 Å². The zero-order valence-corrected chi connectivity index (χ0v) is 13.5. The number of nitrogens with zero attached hydrogens (tertiary/aromatic N) is 3. The molecular formula is C15H24N4OS. The number of carbonyl (C=O) groups is 1. The predicted octanol–water partition coefficient (Wildman–Crippen LogP) is 1.22. The summed E-state index contributed by atoms with van der Waals surface area (Å²) in [6.45, 7) is 6.95. The number of carbonyl (C=O) groups excluding carboxylic acids is 1. The quantitative estimate of drug-likeness (QED) is 0.908. The molecule has 2 heterocycles. The minimum Gasteiger partial charge on any atom is -0.340 e. The van der Waals surface area contributed by atoms with Gasteiger partial charge in [0, 0.05) is 44.6 Å². The summed E-state index contributed by atoms with van der Waals surface area (Å²) in [6, 6.07) is 0. The maximum absolute atomic E-state index is 12.6. The third-order valence-corrected chi connectivity index (χ3v) is 5.69. The normalized spacial score (nSPS) is 22.1. The summed E-state index contributed by atoms with van der Waals surface area (Å²) in [5.41, 5.74) is 6.76. The molecule has 1 saturated carbocycles. The van der Waals surface area contributed by atoms with E-state index in [0.717, 1.165) is 62.7 Å². The molecule has 1 aromatic heterocycles. The van der Waals surface area contributed by atoms with Gasteiger partial charge in [-0.3, -0.25) is 9.69 Å². The van der Waals surface area contributed by atoms with E-state index in [-0.39, 0.29) is 5.41 Å². The highest BCUT2D eigenvalue weighted by Crippen LogP contribution is 2.41. The number of piperazine rings is 1. The Morgan fingerprint density at radius 2 is 2.10 bits per heavy atom. The molecule has 0 spiro atoms. The van der Waals surface area contributed by atoms with Crippen molar-refractivity contribution in [3.63, 3.8) is 0 Å². The van der Waals surface area contributed by atoms with Crippen molar-refractivity contribution in [2.24, 2.45) is 11.1 Å². The Balaban J connectivity index is 1.52. The summed E-state index contributed by atoms with van der Waals surface area (Å²) in [7, 11) is 0. The smallest absolute Gasteiger partial charge is 0.230 e. The fourth-order valence-corrected chi connectivity index (χ4v) is 3.87. The van der Waals surface area contributed by atoms with Crippen LogP contribution in [-0.4, -0.2) is 53.4 Å². The van der Waals surface area contributed by atoms with E-state index in [1.165, 1.54) is 0 Å². The standard InChI is InChI=1S/C15H24N4OS/c1-12-17-13(10-21-12)9-18-5-7-19(8-6-18)14(20)15(11-16)3-2-4-15/h10H,2-9,11,16H2,1H3. The molecule has 6 heteroatoms. The van der Waals surface area contributed by atoms with Crippen molar-refractivity contribution in [1.82, 2.24) is 14.8 Å². The maximum Gasteiger partial charge on any atom is 0.230 e. The van der Waals surface area contributed by atoms with Crippen molar-refractivity contribution in [2.45, 2.75) is 32.7 Å². The van der Waals surface area contributed by atoms with Crippen molar-refractivity contribution >= 4 is 17.2 Å². The Labute approximate surface area is 130 Å². The van der Waals surface area contributed by atoms with Crippen LogP contribution in [0.5, 0.6) is 0 Å². The fourth-order valence-electron chi connectivity index (χ4n) is 3.26. The van der Waals surface area contributed by atoms with Crippen molar-refractivity contribution in [3.8, 4) is 0 Å². The Bertz CT molecular complexity index is 498. The van der Waals surface area contributed by atoms with Gasteiger partial charge in [0.05, 0.1) is 16.1 Å². The first kappa shape index (κ1) is 14.9. The van der Waals surface area contributed by atoms with Crippen LogP contribution in [0.2, 0.25) is 0 Å². The molecule has 5 nitrogen and oxygen atoms in total. The Hall–Kier alpha value is -0.980. The number of hydrogen-bond acceptors (Lipinski definition) is 5. The van der Waals surface area contributed by atoms with E-state index in [1.807, 2.05) is 11.8 Å². The molecule has 1 aliphatic carbocycles. The molecule has 0 radical (unpaired) electrons. The molecule has 2 N–H and O–H groups in total. The molecule has 0 atom stereocenters. The Morgan fingerprint density at radius 1 is 1.38 bits per heavy atom. The minimum absolute atomic E-state index is 0.228. The second-order valence-corrected chi connectivity index (χ2v) is 7.33. The van der Waals surface area contributed by atoms with Crippen molar-refractivity contribution in [1.29, 1.82) is 0 Å². The molecule has 116 valence electrons. The number of nitrogens with two attached hydrogens (primary N) is 1. The number of amides is 1. The number of thiazole rings is 1. The number of rotatable bonds is 4. The molecule has 0 aromatic carbocycles. The zero-order chi connectivity index (χ0) is 14.9. The van der Waals surface area contributed by atoms with E-state index >= 15 is 0 Å². The summed E-state index contributed by atoms with van der Waals surface area (Å²) >= 11 is 1.70. The van der Waals surface area contributed by atoms with Gasteiger partial charge in [-0.2, -0.15) is 0 Å². The molecule has 1 amide bonds. The van der Waals surface area contributed by atoms with Crippen LogP contribution in [0.4, 0.5) is 0 Å². The predicted molar refractivity (Wildman–Crippen MR) is 84.0 cm³/mol. The van der Waals surface area contributed by atoms with Crippen LogP contribution in [0, 0.1) is 12.3 Å². The summed E-state index contributed by atoms with van der Waals surface area (Å²) < 4.78 is 0. The summed E-state index contributed by atoms with van der Waals surface area (Å²) in [5, 5.41) is 3.25. The van der Waals surface area contributed by atoms with Gasteiger partial charge in [-0.1, -0.05) is 6.42 Å². The highest BCUT2D eigenvalue weighted by molar-refractivity contribution is 7.09. The number of aryl methyl sites for hydroxylation is 1. The molecule has 21 heavy (non-hydrogen) atoms. The van der Waals surface area contributed by atoms with E-state index < -0.39 is 0 Å². The molecule has 1 saturated heterocycles. The monoisotopic (exact) mass is 308 g/mol. The van der Waals surface area contributed by atoms with Crippen LogP contribution in [0.25, 0.3) is 0 Å². The van der Waals surface area contributed by atoms with Gasteiger partial charge in [-0.15, -0.1) is 11.3 Å². The molecule has 1 aromatic rings. The lowest BCUT2D eigenvalue weighted by atomic mass is 9.67. The van der Waals surface area contributed by atoms with Gasteiger partial charge in [0.2, 0.25) is 5.91 Å². The first-order valence-electron chi connectivity index (χ1n) is 7.76. The van der Waals surface area contributed by atoms with Crippen molar-refractivity contribution < 1.29 is 4.79 Å². The first-order chi connectivity index (χ1) is 10.1. The van der Waals surface area contributed by atoms with E-state index in [9.17, 15) is 4.79 Å². The van der Waals surface area contributed by atoms with Crippen LogP contribution in [0.15, 0.2) is 5.38 Å². The molecule has 3 rings (SSSR count). The van der Waals surface area contributed by atoms with Crippen LogP contribution in [0.1, 0.15) is 30.0 Å². The fraction of sp³-hybridized carbons (Fsp3) is 0.733. The van der Waals surface area contributed by atoms with E-state index in [2.05, 4.69) is 15.3 Å². The Morgan fingerprint density at radius 3 is 2.57 bits per heavy atom. The third-order valence-electron chi connectivity index (χ3n) is 4.87. The maximum atomic E-state index is 12.6. The molecule has 1 aliphatic heterocycles. The zero-order valence-electron chi connectivity index (χ0n) is 12.7. The Kier molecular flexibility index (Phi) is 4.28. The molecular weight excluding hydrogens is 284 g/mol. The average molecular weight is 308 g/mol. The van der Waals surface area contributed by atoms with E-state index in [4.69, 9.17) is 5.73 Å². The molecule has 0 bridgehead atoms. The third kappa shape index (κ3) is 2.98. The van der Waals surface area contributed by atoms with Gasteiger partial charge in [0.25, 0.3) is 0 Å². The molecule has 0 unspecified atom stereocenters. The summed E-state index contributed by atoms with van der Waals surface area (Å²) in [4.78, 5) is 21.5. The van der Waals surface area contributed by atoms with Crippen LogP contribution >= 0.6 is 11.3 Å². The molecule has 2 fully saturated rings. The van der Waals surface area contributed by atoms with Gasteiger partial charge in [-0.25, -0.2) is 4.98 Å². The highest BCUT2D eigenvalue weighted by Gasteiger charge is 2.45. The summed E-state index contributed by atoms with van der Waals surface area (Å²) in [6.07, 6.45) is 3.09. The van der Waals surface area contributed by atoms with Crippen LogP contribution < -0.4 is 5.73 Å². The van der Waals surface area contributed by atoms with Gasteiger partial charge in [0.1, 0.15) is 0 Å². The summed E-state index contributed by atoms with van der Waals surface area (Å²) in [5.74, 6) is 0.292. The van der Waals surface area contributed by atoms with Gasteiger partial charge in [0.15, 0.2) is 0 Å². The minimum atomic E-state index is -0.228. The largest absolute Gasteiger partial charge is 0.340 e. The van der Waals surface area contributed by atoms with Crippen LogP contribution in [0.3, 0.4) is 0 Å². The lowest BCUT2D eigenvalue weighted by molar-refractivity contribution is -0.148. The van der Waals surface area contributed by atoms with Gasteiger partial charge in [-0.05, 0) is 19.8 Å². The lowest BCUT2D eigenvalue weighted by Gasteiger charge is -2.45. The second-order valence-electron chi connectivity index (χ2n) is 6.26. The molecule has 2 aliphatic rings. The number of aromatic nitrogens is 1. The second kappa shape index (κ2) is 6.02.